The minimum absolute atomic E-state index is 0.183. The van der Waals surface area contributed by atoms with Crippen LogP contribution in [-0.4, -0.2) is 70.3 Å². The van der Waals surface area contributed by atoms with Gasteiger partial charge in [-0.15, -0.1) is 0 Å². The Morgan fingerprint density at radius 2 is 1.92 bits per heavy atom. The molecule has 0 radical (unpaired) electrons. The second-order valence-electron chi connectivity index (χ2n) is 6.23. The number of rotatable bonds is 5. The molecule has 0 saturated carbocycles. The first kappa shape index (κ1) is 17.5. The fraction of sp³-hybridized carbons (Fsp3) is 0.529. The predicted octanol–water partition coefficient (Wildman–Crippen LogP) is 0.632. The van der Waals surface area contributed by atoms with Crippen LogP contribution < -0.4 is 5.56 Å². The predicted molar refractivity (Wildman–Crippen MR) is 95.9 cm³/mol. The van der Waals surface area contributed by atoms with Crippen molar-refractivity contribution in [2.24, 2.45) is 4.99 Å². The Morgan fingerprint density at radius 3 is 2.60 bits per heavy atom. The van der Waals surface area contributed by atoms with Crippen molar-refractivity contribution >= 4 is 6.21 Å². The lowest BCUT2D eigenvalue weighted by Crippen LogP contribution is -2.37. The van der Waals surface area contributed by atoms with E-state index in [2.05, 4.69) is 25.0 Å². The Hall–Kier alpha value is -2.32. The molecule has 0 bridgehead atoms. The fourth-order valence-corrected chi connectivity index (χ4v) is 2.84. The number of hydrogen-bond acceptors (Lipinski definition) is 6. The molecule has 8 heteroatoms. The van der Waals surface area contributed by atoms with E-state index in [1.807, 2.05) is 26.8 Å². The number of aromatic nitrogens is 4. The van der Waals surface area contributed by atoms with Crippen LogP contribution in [0.25, 0.3) is 5.95 Å². The van der Waals surface area contributed by atoms with Gasteiger partial charge in [0.15, 0.2) is 0 Å². The number of aryl methyl sites for hydroxylation is 3. The lowest BCUT2D eigenvalue weighted by Gasteiger charge is -2.25. The number of aromatic amines is 1. The van der Waals surface area contributed by atoms with Gasteiger partial charge in [0.2, 0.25) is 0 Å². The molecule has 0 unspecified atom stereocenters. The molecule has 3 rings (SSSR count). The standard InChI is InChI=1S/C17H24N6O2/c1-12-10-13(2)20-17(19-12)23-16(24)15(14(3)21-23)11-18-4-5-22-6-8-25-9-7-22/h10-11,21H,4-9H2,1-3H3. The number of morpholine rings is 1. The largest absolute Gasteiger partial charge is 0.379 e. The van der Waals surface area contributed by atoms with Crippen LogP contribution in [0.3, 0.4) is 0 Å². The summed E-state index contributed by atoms with van der Waals surface area (Å²) in [7, 11) is 0. The van der Waals surface area contributed by atoms with Gasteiger partial charge < -0.3 is 4.74 Å². The highest BCUT2D eigenvalue weighted by Gasteiger charge is 2.13. The molecule has 0 spiro atoms. The van der Waals surface area contributed by atoms with Gasteiger partial charge in [-0.2, -0.15) is 4.68 Å². The van der Waals surface area contributed by atoms with Crippen molar-refractivity contribution in [1.29, 1.82) is 0 Å². The molecule has 1 aliphatic rings. The third kappa shape index (κ3) is 4.21. The van der Waals surface area contributed by atoms with E-state index in [4.69, 9.17) is 4.74 Å². The molecule has 0 amide bonds. The normalized spacial score (nSPS) is 16.0. The van der Waals surface area contributed by atoms with Gasteiger partial charge in [0.05, 0.1) is 25.3 Å². The first-order valence-corrected chi connectivity index (χ1v) is 8.49. The smallest absolute Gasteiger partial charge is 0.282 e. The van der Waals surface area contributed by atoms with Crippen LogP contribution in [0.1, 0.15) is 22.6 Å². The van der Waals surface area contributed by atoms with Crippen LogP contribution in [0, 0.1) is 20.8 Å². The van der Waals surface area contributed by atoms with Gasteiger partial charge in [-0.05, 0) is 26.8 Å². The summed E-state index contributed by atoms with van der Waals surface area (Å²) in [6.07, 6.45) is 1.65. The van der Waals surface area contributed by atoms with Crippen molar-refractivity contribution < 1.29 is 4.74 Å². The Bertz CT molecular complexity index is 797. The molecular formula is C17H24N6O2. The number of nitrogens with zero attached hydrogens (tertiary/aromatic N) is 5. The minimum Gasteiger partial charge on any atom is -0.379 e. The Morgan fingerprint density at radius 1 is 1.24 bits per heavy atom. The van der Waals surface area contributed by atoms with Crippen molar-refractivity contribution in [1.82, 2.24) is 24.6 Å². The number of ether oxygens (including phenoxy) is 1. The van der Waals surface area contributed by atoms with Gasteiger partial charge in [0.25, 0.3) is 11.5 Å². The topological polar surface area (TPSA) is 88.4 Å². The Balaban J connectivity index is 1.73. The summed E-state index contributed by atoms with van der Waals surface area (Å²) in [4.78, 5) is 28.0. The summed E-state index contributed by atoms with van der Waals surface area (Å²) in [5, 5.41) is 3.03. The van der Waals surface area contributed by atoms with Gasteiger partial charge in [-0.1, -0.05) is 0 Å². The summed E-state index contributed by atoms with van der Waals surface area (Å²) < 4.78 is 6.70. The SMILES string of the molecule is Cc1cc(C)nc(-n2[nH]c(C)c(C=NCCN3CCOCC3)c2=O)n1. The van der Waals surface area contributed by atoms with Crippen LogP contribution >= 0.6 is 0 Å². The highest BCUT2D eigenvalue weighted by molar-refractivity contribution is 5.80. The van der Waals surface area contributed by atoms with Crippen molar-refractivity contribution in [3.8, 4) is 5.95 Å². The third-order valence-electron chi connectivity index (χ3n) is 4.16. The first-order valence-electron chi connectivity index (χ1n) is 8.49. The summed E-state index contributed by atoms with van der Waals surface area (Å²) in [5.41, 5.74) is 2.76. The van der Waals surface area contributed by atoms with Crippen molar-refractivity contribution in [3.05, 3.63) is 39.1 Å². The zero-order valence-electron chi connectivity index (χ0n) is 14.9. The quantitative estimate of drug-likeness (QED) is 0.804. The van der Waals surface area contributed by atoms with Crippen LogP contribution in [0.4, 0.5) is 0 Å². The van der Waals surface area contributed by atoms with E-state index in [0.29, 0.717) is 18.1 Å². The van der Waals surface area contributed by atoms with Gasteiger partial charge in [-0.3, -0.25) is 19.8 Å². The first-order chi connectivity index (χ1) is 12.0. The van der Waals surface area contributed by atoms with Gasteiger partial charge in [-0.25, -0.2) is 9.97 Å². The van der Waals surface area contributed by atoms with Gasteiger partial charge in [0.1, 0.15) is 0 Å². The molecule has 3 heterocycles. The van der Waals surface area contributed by atoms with Gasteiger partial charge in [0, 0.05) is 42.9 Å². The number of hydrogen-bond donors (Lipinski definition) is 1. The van der Waals surface area contributed by atoms with E-state index in [1.165, 1.54) is 4.68 Å². The molecule has 0 aliphatic carbocycles. The summed E-state index contributed by atoms with van der Waals surface area (Å²) in [6, 6.07) is 1.87. The molecule has 25 heavy (non-hydrogen) atoms. The molecule has 2 aromatic rings. The Labute approximate surface area is 146 Å². The molecule has 0 aromatic carbocycles. The maximum Gasteiger partial charge on any atom is 0.282 e. The maximum absolute atomic E-state index is 12.6. The lowest BCUT2D eigenvalue weighted by atomic mass is 10.3. The van der Waals surface area contributed by atoms with Crippen LogP contribution in [0.2, 0.25) is 0 Å². The molecule has 1 N–H and O–H groups in total. The Kier molecular flexibility index (Phi) is 5.40. The lowest BCUT2D eigenvalue weighted by molar-refractivity contribution is 0.0395. The molecule has 1 aliphatic heterocycles. The van der Waals surface area contributed by atoms with Crippen LogP contribution in [-0.2, 0) is 4.74 Å². The summed E-state index contributed by atoms with van der Waals surface area (Å²) in [6.45, 7) is 10.6. The van der Waals surface area contributed by atoms with E-state index in [9.17, 15) is 4.79 Å². The van der Waals surface area contributed by atoms with E-state index < -0.39 is 0 Å². The number of H-pyrrole nitrogens is 1. The average Bonchev–Trinajstić information content (AvgIpc) is 2.86. The summed E-state index contributed by atoms with van der Waals surface area (Å²) >= 11 is 0. The van der Waals surface area contributed by atoms with E-state index >= 15 is 0 Å². The molecule has 2 aromatic heterocycles. The molecule has 8 nitrogen and oxygen atoms in total. The van der Waals surface area contributed by atoms with Crippen LogP contribution in [0.5, 0.6) is 0 Å². The molecular weight excluding hydrogens is 320 g/mol. The molecule has 0 atom stereocenters. The third-order valence-corrected chi connectivity index (χ3v) is 4.16. The van der Waals surface area contributed by atoms with Gasteiger partial charge >= 0.3 is 0 Å². The van der Waals surface area contributed by atoms with Crippen molar-refractivity contribution in [3.63, 3.8) is 0 Å². The van der Waals surface area contributed by atoms with E-state index in [-0.39, 0.29) is 5.56 Å². The zero-order valence-corrected chi connectivity index (χ0v) is 14.9. The van der Waals surface area contributed by atoms with Crippen molar-refractivity contribution in [2.45, 2.75) is 20.8 Å². The molecule has 1 fully saturated rings. The molecule has 1 saturated heterocycles. The zero-order chi connectivity index (χ0) is 17.8. The summed E-state index contributed by atoms with van der Waals surface area (Å²) in [5.74, 6) is 0.360. The second-order valence-corrected chi connectivity index (χ2v) is 6.23. The van der Waals surface area contributed by atoms with E-state index in [1.54, 1.807) is 6.21 Å². The highest BCUT2D eigenvalue weighted by Crippen LogP contribution is 2.05. The minimum atomic E-state index is -0.183. The molecule has 134 valence electrons. The van der Waals surface area contributed by atoms with E-state index in [0.717, 1.165) is 49.9 Å². The van der Waals surface area contributed by atoms with Crippen molar-refractivity contribution in [2.75, 3.05) is 39.4 Å². The monoisotopic (exact) mass is 344 g/mol. The highest BCUT2D eigenvalue weighted by atomic mass is 16.5. The fourth-order valence-electron chi connectivity index (χ4n) is 2.84. The average molecular weight is 344 g/mol. The number of aliphatic imine (C=N–C) groups is 1. The van der Waals surface area contributed by atoms with Crippen LogP contribution in [0.15, 0.2) is 15.9 Å². The number of nitrogens with one attached hydrogen (secondary N) is 1. The maximum atomic E-state index is 12.6. The second kappa shape index (κ2) is 7.71.